The standard InChI is InChI=1S/C9H12N2O2/c12-8(13)9(4-1-2-5-9)7-3-6-10-11-7/h3,6H,1-2,4-5H2,(H,10,11)(H,12,13). The van der Waals surface area contributed by atoms with Crippen molar-refractivity contribution in [2.45, 2.75) is 31.1 Å². The number of carboxylic acids is 1. The minimum Gasteiger partial charge on any atom is -0.481 e. The first-order valence-electron chi connectivity index (χ1n) is 4.49. The van der Waals surface area contributed by atoms with E-state index in [2.05, 4.69) is 10.2 Å². The van der Waals surface area contributed by atoms with Crippen molar-refractivity contribution in [1.29, 1.82) is 0 Å². The maximum Gasteiger partial charge on any atom is 0.315 e. The fourth-order valence-corrected chi connectivity index (χ4v) is 2.10. The summed E-state index contributed by atoms with van der Waals surface area (Å²) in [4.78, 5) is 11.2. The Kier molecular flexibility index (Phi) is 1.83. The van der Waals surface area contributed by atoms with Crippen LogP contribution in [0, 0.1) is 0 Å². The molecule has 1 saturated carbocycles. The highest BCUT2D eigenvalue weighted by Crippen LogP contribution is 2.40. The van der Waals surface area contributed by atoms with Gasteiger partial charge in [0.05, 0.1) is 5.69 Å². The average molecular weight is 180 g/mol. The van der Waals surface area contributed by atoms with Gasteiger partial charge >= 0.3 is 5.97 Å². The molecule has 70 valence electrons. The van der Waals surface area contributed by atoms with E-state index in [1.54, 1.807) is 12.3 Å². The minimum atomic E-state index is -0.728. The highest BCUT2D eigenvalue weighted by Gasteiger charge is 2.43. The van der Waals surface area contributed by atoms with Crippen molar-refractivity contribution < 1.29 is 9.90 Å². The molecule has 0 aliphatic heterocycles. The second kappa shape index (κ2) is 2.87. The summed E-state index contributed by atoms with van der Waals surface area (Å²) >= 11 is 0. The molecule has 1 heterocycles. The van der Waals surface area contributed by atoms with Crippen LogP contribution >= 0.6 is 0 Å². The van der Waals surface area contributed by atoms with Crippen molar-refractivity contribution in [3.05, 3.63) is 18.0 Å². The zero-order valence-electron chi connectivity index (χ0n) is 7.29. The Bertz CT molecular complexity index is 299. The maximum atomic E-state index is 11.2. The van der Waals surface area contributed by atoms with Crippen LogP contribution in [0.5, 0.6) is 0 Å². The summed E-state index contributed by atoms with van der Waals surface area (Å²) in [6, 6.07) is 1.76. The Hall–Kier alpha value is -1.32. The van der Waals surface area contributed by atoms with Crippen molar-refractivity contribution in [2.75, 3.05) is 0 Å². The number of carboxylic acid groups (broad SMARTS) is 1. The third-order valence-electron chi connectivity index (χ3n) is 2.88. The van der Waals surface area contributed by atoms with Gasteiger partial charge in [-0.1, -0.05) is 12.8 Å². The van der Waals surface area contributed by atoms with E-state index in [0.29, 0.717) is 0 Å². The van der Waals surface area contributed by atoms with E-state index in [1.165, 1.54) is 0 Å². The number of aromatic amines is 1. The molecule has 2 N–H and O–H groups in total. The molecule has 1 aliphatic rings. The molecular weight excluding hydrogens is 168 g/mol. The van der Waals surface area contributed by atoms with Gasteiger partial charge in [0.15, 0.2) is 0 Å². The third kappa shape index (κ3) is 1.13. The van der Waals surface area contributed by atoms with E-state index in [9.17, 15) is 9.90 Å². The number of rotatable bonds is 2. The summed E-state index contributed by atoms with van der Waals surface area (Å²) in [6.07, 6.45) is 5.05. The number of hydrogen-bond acceptors (Lipinski definition) is 2. The van der Waals surface area contributed by atoms with Gasteiger partial charge in [0.1, 0.15) is 5.41 Å². The van der Waals surface area contributed by atoms with Crippen molar-refractivity contribution in [2.24, 2.45) is 0 Å². The fourth-order valence-electron chi connectivity index (χ4n) is 2.10. The first-order valence-corrected chi connectivity index (χ1v) is 4.49. The van der Waals surface area contributed by atoms with E-state index >= 15 is 0 Å². The number of H-pyrrole nitrogens is 1. The smallest absolute Gasteiger partial charge is 0.315 e. The van der Waals surface area contributed by atoms with Gasteiger partial charge < -0.3 is 5.11 Å². The van der Waals surface area contributed by atoms with E-state index in [0.717, 1.165) is 31.4 Å². The zero-order valence-corrected chi connectivity index (χ0v) is 7.29. The minimum absolute atomic E-state index is 0.684. The number of hydrogen-bond donors (Lipinski definition) is 2. The molecule has 0 saturated heterocycles. The summed E-state index contributed by atoms with van der Waals surface area (Å²) in [5.74, 6) is -0.728. The van der Waals surface area contributed by atoms with Crippen molar-refractivity contribution >= 4 is 5.97 Å². The lowest BCUT2D eigenvalue weighted by Crippen LogP contribution is -2.32. The van der Waals surface area contributed by atoms with Crippen LogP contribution in [0.25, 0.3) is 0 Å². The van der Waals surface area contributed by atoms with Crippen LogP contribution in [0.2, 0.25) is 0 Å². The monoisotopic (exact) mass is 180 g/mol. The Balaban J connectivity index is 2.39. The Morgan fingerprint density at radius 3 is 2.69 bits per heavy atom. The summed E-state index contributed by atoms with van der Waals surface area (Å²) in [5.41, 5.74) is 0.0637. The average Bonchev–Trinajstić information content (AvgIpc) is 2.75. The molecule has 0 atom stereocenters. The molecule has 0 amide bonds. The third-order valence-corrected chi connectivity index (χ3v) is 2.88. The van der Waals surface area contributed by atoms with Crippen LogP contribution in [0.1, 0.15) is 31.4 Å². The molecule has 0 spiro atoms. The fraction of sp³-hybridized carbons (Fsp3) is 0.556. The predicted octanol–water partition coefficient (Wildman–Crippen LogP) is 1.31. The number of nitrogens with zero attached hydrogens (tertiary/aromatic N) is 1. The molecule has 13 heavy (non-hydrogen) atoms. The molecular formula is C9H12N2O2. The molecule has 0 unspecified atom stereocenters. The Labute approximate surface area is 76.0 Å². The van der Waals surface area contributed by atoms with E-state index in [1.807, 2.05) is 0 Å². The van der Waals surface area contributed by atoms with Crippen molar-refractivity contribution in [3.8, 4) is 0 Å². The first kappa shape index (κ1) is 8.29. The Morgan fingerprint density at radius 1 is 1.54 bits per heavy atom. The van der Waals surface area contributed by atoms with Crippen molar-refractivity contribution in [3.63, 3.8) is 0 Å². The summed E-state index contributed by atoms with van der Waals surface area (Å²) in [7, 11) is 0. The highest BCUT2D eigenvalue weighted by atomic mass is 16.4. The van der Waals surface area contributed by atoms with Crippen LogP contribution in [-0.4, -0.2) is 21.3 Å². The quantitative estimate of drug-likeness (QED) is 0.721. The topological polar surface area (TPSA) is 66.0 Å². The van der Waals surface area contributed by atoms with E-state index in [4.69, 9.17) is 0 Å². The van der Waals surface area contributed by atoms with Crippen LogP contribution < -0.4 is 0 Å². The van der Waals surface area contributed by atoms with Gasteiger partial charge in [-0.05, 0) is 18.9 Å². The van der Waals surface area contributed by atoms with E-state index < -0.39 is 11.4 Å². The van der Waals surface area contributed by atoms with Gasteiger partial charge in [0, 0.05) is 6.20 Å². The second-order valence-electron chi connectivity index (χ2n) is 3.56. The number of aliphatic carboxylic acids is 1. The Morgan fingerprint density at radius 2 is 2.23 bits per heavy atom. The van der Waals surface area contributed by atoms with Crippen LogP contribution in [0.3, 0.4) is 0 Å². The molecule has 4 nitrogen and oxygen atoms in total. The van der Waals surface area contributed by atoms with Gasteiger partial charge in [-0.2, -0.15) is 5.10 Å². The maximum absolute atomic E-state index is 11.2. The predicted molar refractivity (Wildman–Crippen MR) is 46.4 cm³/mol. The normalized spacial score (nSPS) is 20.3. The summed E-state index contributed by atoms with van der Waals surface area (Å²) in [6.45, 7) is 0. The summed E-state index contributed by atoms with van der Waals surface area (Å²) in [5, 5.41) is 15.8. The van der Waals surface area contributed by atoms with Crippen LogP contribution in [-0.2, 0) is 10.2 Å². The second-order valence-corrected chi connectivity index (χ2v) is 3.56. The van der Waals surface area contributed by atoms with Crippen LogP contribution in [0.15, 0.2) is 12.3 Å². The summed E-state index contributed by atoms with van der Waals surface area (Å²) < 4.78 is 0. The highest BCUT2D eigenvalue weighted by molar-refractivity contribution is 5.81. The van der Waals surface area contributed by atoms with Gasteiger partial charge in [0.25, 0.3) is 0 Å². The van der Waals surface area contributed by atoms with Crippen molar-refractivity contribution in [1.82, 2.24) is 10.2 Å². The molecule has 1 aromatic rings. The molecule has 4 heteroatoms. The van der Waals surface area contributed by atoms with E-state index in [-0.39, 0.29) is 0 Å². The number of aromatic nitrogens is 2. The molecule has 0 bridgehead atoms. The van der Waals surface area contributed by atoms with Gasteiger partial charge in [-0.15, -0.1) is 0 Å². The SMILES string of the molecule is O=C(O)C1(c2ccn[nH]2)CCCC1. The molecule has 2 rings (SSSR count). The van der Waals surface area contributed by atoms with Gasteiger partial charge in [-0.3, -0.25) is 9.89 Å². The van der Waals surface area contributed by atoms with Crippen LogP contribution in [0.4, 0.5) is 0 Å². The lowest BCUT2D eigenvalue weighted by Gasteiger charge is -2.21. The number of nitrogens with one attached hydrogen (secondary N) is 1. The number of carbonyl (C=O) groups is 1. The lowest BCUT2D eigenvalue weighted by molar-refractivity contribution is -0.143. The first-order chi connectivity index (χ1) is 6.26. The zero-order chi connectivity index (χ0) is 9.31. The molecule has 1 aliphatic carbocycles. The van der Waals surface area contributed by atoms with Gasteiger partial charge in [0.2, 0.25) is 0 Å². The lowest BCUT2D eigenvalue weighted by atomic mass is 9.83. The molecule has 1 fully saturated rings. The molecule has 1 aromatic heterocycles. The molecule has 0 aromatic carbocycles. The molecule has 0 radical (unpaired) electrons. The van der Waals surface area contributed by atoms with Gasteiger partial charge in [-0.25, -0.2) is 0 Å². The largest absolute Gasteiger partial charge is 0.481 e.